The van der Waals surface area contributed by atoms with Crippen molar-refractivity contribution in [2.45, 2.75) is 26.8 Å². The van der Waals surface area contributed by atoms with Gasteiger partial charge >= 0.3 is 0 Å². The van der Waals surface area contributed by atoms with Gasteiger partial charge in [-0.2, -0.15) is 0 Å². The number of aliphatic imine (C=N–C) groups is 1. The van der Waals surface area contributed by atoms with Crippen LogP contribution >= 0.6 is 11.8 Å². The van der Waals surface area contributed by atoms with Gasteiger partial charge in [0.25, 0.3) is 0 Å². The summed E-state index contributed by atoms with van der Waals surface area (Å²) in [5.74, 6) is 2.61. The Bertz CT molecular complexity index is 459. The molecule has 0 spiro atoms. The van der Waals surface area contributed by atoms with Gasteiger partial charge in [-0.05, 0) is 37.5 Å². The van der Waals surface area contributed by atoms with Crippen LogP contribution in [0.5, 0.6) is 5.75 Å². The highest BCUT2D eigenvalue weighted by Crippen LogP contribution is 2.29. The summed E-state index contributed by atoms with van der Waals surface area (Å²) in [7, 11) is 1.69. The highest BCUT2D eigenvalue weighted by molar-refractivity contribution is 8.14. The quantitative estimate of drug-likeness (QED) is 0.887. The molecule has 4 heteroatoms. The highest BCUT2D eigenvalue weighted by atomic mass is 32.2. The fourth-order valence-corrected chi connectivity index (χ4v) is 2.92. The lowest BCUT2D eigenvalue weighted by Gasteiger charge is -2.24. The summed E-state index contributed by atoms with van der Waals surface area (Å²) < 4.78 is 5.36. The molecule has 18 heavy (non-hydrogen) atoms. The molecule has 0 saturated heterocycles. The van der Waals surface area contributed by atoms with Gasteiger partial charge in [-0.25, -0.2) is 0 Å². The van der Waals surface area contributed by atoms with Crippen LogP contribution < -0.4 is 10.1 Å². The smallest absolute Gasteiger partial charge is 0.161 e. The number of anilines is 1. The van der Waals surface area contributed by atoms with E-state index in [9.17, 15) is 0 Å². The minimum absolute atomic E-state index is 0.379. The number of rotatable bonds is 2. The molecular formula is C14H20N2OS. The van der Waals surface area contributed by atoms with Crippen LogP contribution in [-0.2, 0) is 0 Å². The van der Waals surface area contributed by atoms with Crippen LogP contribution in [-0.4, -0.2) is 24.1 Å². The summed E-state index contributed by atoms with van der Waals surface area (Å²) in [5, 5.41) is 4.37. The normalized spacial score (nSPS) is 23.4. The van der Waals surface area contributed by atoms with E-state index in [-0.39, 0.29) is 0 Å². The molecule has 1 heterocycles. The van der Waals surface area contributed by atoms with Gasteiger partial charge in [0, 0.05) is 5.75 Å². The van der Waals surface area contributed by atoms with Gasteiger partial charge in [-0.3, -0.25) is 4.99 Å². The average molecular weight is 264 g/mol. The van der Waals surface area contributed by atoms with E-state index in [2.05, 4.69) is 37.1 Å². The van der Waals surface area contributed by atoms with Crippen LogP contribution in [0.25, 0.3) is 0 Å². The predicted octanol–water partition coefficient (Wildman–Crippen LogP) is 3.54. The van der Waals surface area contributed by atoms with Gasteiger partial charge in [0.2, 0.25) is 0 Å². The largest absolute Gasteiger partial charge is 0.495 e. The van der Waals surface area contributed by atoms with Gasteiger partial charge in [0.15, 0.2) is 5.17 Å². The van der Waals surface area contributed by atoms with Crippen LogP contribution in [0.15, 0.2) is 23.2 Å². The molecule has 3 nitrogen and oxygen atoms in total. The Morgan fingerprint density at radius 1 is 1.39 bits per heavy atom. The molecule has 1 aliphatic heterocycles. The van der Waals surface area contributed by atoms with Crippen molar-refractivity contribution in [1.29, 1.82) is 0 Å². The maximum Gasteiger partial charge on any atom is 0.161 e. The Hall–Kier alpha value is -1.16. The van der Waals surface area contributed by atoms with E-state index in [4.69, 9.17) is 4.74 Å². The fraction of sp³-hybridized carbons (Fsp3) is 0.500. The maximum absolute atomic E-state index is 5.36. The number of nitrogens with zero attached hydrogens (tertiary/aromatic N) is 1. The third-order valence-electron chi connectivity index (χ3n) is 3.22. The number of thioether (sulfide) groups is 1. The number of aryl methyl sites for hydroxylation is 1. The monoisotopic (exact) mass is 264 g/mol. The Morgan fingerprint density at radius 3 is 2.83 bits per heavy atom. The van der Waals surface area contributed by atoms with E-state index in [0.29, 0.717) is 12.0 Å². The Labute approximate surface area is 113 Å². The molecule has 1 aromatic carbocycles. The Balaban J connectivity index is 2.19. The third-order valence-corrected chi connectivity index (χ3v) is 4.40. The number of hydrogen-bond donors (Lipinski definition) is 1. The van der Waals surface area contributed by atoms with E-state index in [0.717, 1.165) is 22.4 Å². The summed E-state index contributed by atoms with van der Waals surface area (Å²) >= 11 is 1.78. The van der Waals surface area contributed by atoms with Crippen LogP contribution in [0.1, 0.15) is 19.4 Å². The maximum atomic E-state index is 5.36. The predicted molar refractivity (Wildman–Crippen MR) is 79.9 cm³/mol. The van der Waals surface area contributed by atoms with Crippen LogP contribution in [0.4, 0.5) is 5.69 Å². The first-order chi connectivity index (χ1) is 8.60. The molecule has 98 valence electrons. The number of methoxy groups -OCH3 is 1. The van der Waals surface area contributed by atoms with Gasteiger partial charge in [0.05, 0.1) is 18.8 Å². The van der Waals surface area contributed by atoms with E-state index in [1.54, 1.807) is 18.9 Å². The van der Waals surface area contributed by atoms with Crippen molar-refractivity contribution in [1.82, 2.24) is 0 Å². The number of ether oxygens (including phenoxy) is 1. The zero-order chi connectivity index (χ0) is 13.1. The second kappa shape index (κ2) is 5.65. The number of amidine groups is 1. The average Bonchev–Trinajstić information content (AvgIpc) is 2.34. The minimum Gasteiger partial charge on any atom is -0.495 e. The lowest BCUT2D eigenvalue weighted by Crippen LogP contribution is -2.25. The first kappa shape index (κ1) is 13.3. The molecule has 1 aromatic rings. The Kier molecular flexibility index (Phi) is 4.17. The van der Waals surface area contributed by atoms with E-state index >= 15 is 0 Å². The molecular weight excluding hydrogens is 244 g/mol. The third kappa shape index (κ3) is 2.99. The molecule has 0 radical (unpaired) electrons. The zero-order valence-corrected chi connectivity index (χ0v) is 12.2. The van der Waals surface area contributed by atoms with Gasteiger partial charge in [-0.1, -0.05) is 24.8 Å². The van der Waals surface area contributed by atoms with E-state index in [1.165, 1.54) is 5.56 Å². The topological polar surface area (TPSA) is 33.6 Å². The van der Waals surface area contributed by atoms with Gasteiger partial charge in [0.1, 0.15) is 5.75 Å². The van der Waals surface area contributed by atoms with Crippen LogP contribution in [0.2, 0.25) is 0 Å². The molecule has 0 aliphatic carbocycles. The summed E-state index contributed by atoms with van der Waals surface area (Å²) in [6.45, 7) is 6.48. The van der Waals surface area contributed by atoms with Crippen LogP contribution in [0, 0.1) is 12.8 Å². The first-order valence-corrected chi connectivity index (χ1v) is 7.21. The molecule has 1 N–H and O–H groups in total. The second-order valence-electron chi connectivity index (χ2n) is 4.79. The van der Waals surface area contributed by atoms with Gasteiger partial charge in [-0.15, -0.1) is 0 Å². The van der Waals surface area contributed by atoms with Crippen molar-refractivity contribution in [2.75, 3.05) is 18.2 Å². The minimum atomic E-state index is 0.379. The summed E-state index contributed by atoms with van der Waals surface area (Å²) in [4.78, 5) is 4.68. The molecule has 2 unspecified atom stereocenters. The second-order valence-corrected chi connectivity index (χ2v) is 5.80. The molecule has 0 fully saturated rings. The number of hydrogen-bond acceptors (Lipinski definition) is 4. The molecule has 0 aromatic heterocycles. The van der Waals surface area contributed by atoms with Gasteiger partial charge < -0.3 is 10.1 Å². The van der Waals surface area contributed by atoms with E-state index in [1.807, 2.05) is 12.1 Å². The lowest BCUT2D eigenvalue weighted by atomic mass is 10.1. The van der Waals surface area contributed by atoms with E-state index < -0.39 is 0 Å². The van der Waals surface area contributed by atoms with Crippen molar-refractivity contribution in [3.63, 3.8) is 0 Å². The van der Waals surface area contributed by atoms with Crippen molar-refractivity contribution >= 4 is 22.6 Å². The first-order valence-electron chi connectivity index (χ1n) is 6.22. The molecule has 2 rings (SSSR count). The molecule has 0 amide bonds. The zero-order valence-electron chi connectivity index (χ0n) is 11.4. The summed E-state index contributed by atoms with van der Waals surface area (Å²) in [6, 6.07) is 6.50. The lowest BCUT2D eigenvalue weighted by molar-refractivity contribution is 0.417. The molecule has 1 aliphatic rings. The SMILES string of the molecule is COc1ccc(C)cc1NC1=NC(C)C(C)CS1. The van der Waals surface area contributed by atoms with Crippen molar-refractivity contribution in [3.8, 4) is 5.75 Å². The summed E-state index contributed by atoms with van der Waals surface area (Å²) in [6.07, 6.45) is 0. The summed E-state index contributed by atoms with van der Waals surface area (Å²) in [5.41, 5.74) is 2.20. The number of benzene rings is 1. The molecule has 0 bridgehead atoms. The number of nitrogens with one attached hydrogen (secondary N) is 1. The molecule has 2 atom stereocenters. The van der Waals surface area contributed by atoms with Crippen LogP contribution in [0.3, 0.4) is 0 Å². The van der Waals surface area contributed by atoms with Crippen molar-refractivity contribution in [2.24, 2.45) is 10.9 Å². The highest BCUT2D eigenvalue weighted by Gasteiger charge is 2.19. The van der Waals surface area contributed by atoms with Crippen molar-refractivity contribution in [3.05, 3.63) is 23.8 Å². The fourth-order valence-electron chi connectivity index (χ4n) is 1.80. The molecule has 0 saturated carbocycles. The van der Waals surface area contributed by atoms with Crippen molar-refractivity contribution < 1.29 is 4.74 Å². The standard InChI is InChI=1S/C14H20N2OS/c1-9-5-6-13(17-4)12(7-9)16-14-15-11(3)10(2)8-18-14/h5-7,10-11H,8H2,1-4H3,(H,15,16). The Morgan fingerprint density at radius 2 is 2.17 bits per heavy atom.